The summed E-state index contributed by atoms with van der Waals surface area (Å²) in [7, 11) is 0. The molecule has 110 valence electrons. The van der Waals surface area contributed by atoms with Gasteiger partial charge in [0.15, 0.2) is 0 Å². The lowest BCUT2D eigenvalue weighted by molar-refractivity contribution is -0.122. The summed E-state index contributed by atoms with van der Waals surface area (Å²) in [6.45, 7) is -1.30. The first-order chi connectivity index (χ1) is 9.42. The molecule has 1 heterocycles. The van der Waals surface area contributed by atoms with E-state index in [9.17, 15) is 18.0 Å². The Morgan fingerprint density at radius 3 is 2.80 bits per heavy atom. The molecule has 0 aliphatic carbocycles. The summed E-state index contributed by atoms with van der Waals surface area (Å²) < 4.78 is 35.7. The molecule has 1 aromatic rings. The second-order valence-corrected chi connectivity index (χ2v) is 4.68. The van der Waals surface area contributed by atoms with Gasteiger partial charge in [0.05, 0.1) is 13.2 Å². The first kappa shape index (κ1) is 16.3. The van der Waals surface area contributed by atoms with Crippen LogP contribution in [0.15, 0.2) is 11.4 Å². The lowest BCUT2D eigenvalue weighted by atomic mass is 10.2. The topological polar surface area (TPSA) is 61.4 Å². The second-order valence-electron chi connectivity index (χ2n) is 3.68. The van der Waals surface area contributed by atoms with Crippen molar-refractivity contribution >= 4 is 17.4 Å². The van der Waals surface area contributed by atoms with Crippen LogP contribution in [0.25, 0.3) is 0 Å². The van der Waals surface area contributed by atoms with Gasteiger partial charge in [0.1, 0.15) is 6.54 Å². The van der Waals surface area contributed by atoms with Crippen molar-refractivity contribution in [1.82, 2.24) is 10.6 Å². The Labute approximate surface area is 118 Å². The van der Waals surface area contributed by atoms with Crippen molar-refractivity contribution < 1.29 is 23.1 Å². The van der Waals surface area contributed by atoms with Crippen LogP contribution in [0.2, 0.25) is 0 Å². The van der Waals surface area contributed by atoms with Crippen LogP contribution in [-0.4, -0.2) is 30.5 Å². The fourth-order valence-electron chi connectivity index (χ4n) is 1.21. The minimum absolute atomic E-state index is 0.0371. The van der Waals surface area contributed by atoms with Crippen LogP contribution in [0.3, 0.4) is 0 Å². The summed E-state index contributed by atoms with van der Waals surface area (Å²) in [5, 5.41) is 14.4. The first-order valence-corrected chi connectivity index (χ1v) is 6.55. The largest absolute Gasteiger partial charge is 0.405 e. The van der Waals surface area contributed by atoms with Gasteiger partial charge in [-0.25, -0.2) is 4.79 Å². The lowest BCUT2D eigenvalue weighted by Gasteiger charge is -2.09. The van der Waals surface area contributed by atoms with Gasteiger partial charge in [0, 0.05) is 16.9 Å². The zero-order valence-corrected chi connectivity index (χ0v) is 11.2. The molecule has 0 saturated heterocycles. The number of hydrogen-bond acceptors (Lipinski definition) is 3. The molecule has 0 bridgehead atoms. The van der Waals surface area contributed by atoms with E-state index in [0.717, 1.165) is 4.88 Å². The highest BCUT2D eigenvalue weighted by Gasteiger charge is 2.27. The predicted molar refractivity (Wildman–Crippen MR) is 69.2 cm³/mol. The van der Waals surface area contributed by atoms with E-state index in [0.29, 0.717) is 12.0 Å². The third-order valence-electron chi connectivity index (χ3n) is 2.06. The van der Waals surface area contributed by atoms with Gasteiger partial charge in [0.25, 0.3) is 0 Å². The molecule has 0 aromatic carbocycles. The van der Waals surface area contributed by atoms with Crippen molar-refractivity contribution in [2.45, 2.75) is 19.1 Å². The van der Waals surface area contributed by atoms with E-state index in [1.54, 1.807) is 16.8 Å². The standard InChI is InChI=1S/C12H13F3N2O2S/c13-12(14,15)8-17-11(19)16-7-10-9(4-6-20-10)3-1-2-5-18/h4,6,18H,2,5,7-8H2,(H2,16,17,19). The van der Waals surface area contributed by atoms with Gasteiger partial charge in [-0.1, -0.05) is 11.8 Å². The smallest absolute Gasteiger partial charge is 0.395 e. The van der Waals surface area contributed by atoms with Crippen LogP contribution in [-0.2, 0) is 6.54 Å². The van der Waals surface area contributed by atoms with E-state index >= 15 is 0 Å². The van der Waals surface area contributed by atoms with Crippen LogP contribution in [0, 0.1) is 11.8 Å². The van der Waals surface area contributed by atoms with Gasteiger partial charge in [0.2, 0.25) is 0 Å². The molecule has 3 N–H and O–H groups in total. The van der Waals surface area contributed by atoms with Crippen molar-refractivity contribution in [3.05, 3.63) is 21.9 Å². The molecule has 2 amide bonds. The zero-order chi connectivity index (χ0) is 15.0. The van der Waals surface area contributed by atoms with Crippen LogP contribution in [0.5, 0.6) is 0 Å². The van der Waals surface area contributed by atoms with E-state index in [2.05, 4.69) is 17.2 Å². The van der Waals surface area contributed by atoms with Crippen molar-refractivity contribution in [2.24, 2.45) is 0 Å². The van der Waals surface area contributed by atoms with Gasteiger partial charge >= 0.3 is 12.2 Å². The molecule has 0 unspecified atom stereocenters. The molecular formula is C12H13F3N2O2S. The maximum atomic E-state index is 11.9. The van der Waals surface area contributed by atoms with Crippen LogP contribution in [0.4, 0.5) is 18.0 Å². The van der Waals surface area contributed by atoms with Gasteiger partial charge in [-0.15, -0.1) is 11.3 Å². The second kappa shape index (κ2) is 7.77. The molecule has 1 rings (SSSR count). The predicted octanol–water partition coefficient (Wildman–Crippen LogP) is 1.84. The van der Waals surface area contributed by atoms with Gasteiger partial charge in [-0.05, 0) is 11.4 Å². The molecule has 0 spiro atoms. The minimum Gasteiger partial charge on any atom is -0.395 e. The maximum absolute atomic E-state index is 11.9. The number of halogens is 3. The zero-order valence-electron chi connectivity index (χ0n) is 10.4. The summed E-state index contributed by atoms with van der Waals surface area (Å²) in [4.78, 5) is 11.9. The highest BCUT2D eigenvalue weighted by atomic mass is 32.1. The molecule has 0 atom stereocenters. The van der Waals surface area contributed by atoms with Crippen molar-refractivity contribution in [2.75, 3.05) is 13.2 Å². The highest BCUT2D eigenvalue weighted by molar-refractivity contribution is 7.10. The minimum atomic E-state index is -4.43. The molecule has 20 heavy (non-hydrogen) atoms. The van der Waals surface area contributed by atoms with E-state index in [-0.39, 0.29) is 13.2 Å². The van der Waals surface area contributed by atoms with Crippen molar-refractivity contribution in [3.8, 4) is 11.8 Å². The third kappa shape index (κ3) is 6.45. The average molecular weight is 306 g/mol. The number of carbonyl (C=O) groups is 1. The molecule has 0 aliphatic heterocycles. The van der Waals surface area contributed by atoms with E-state index in [1.807, 2.05) is 0 Å². The number of aliphatic hydroxyl groups excluding tert-OH is 1. The Morgan fingerprint density at radius 1 is 1.40 bits per heavy atom. The van der Waals surface area contributed by atoms with Crippen LogP contribution in [0.1, 0.15) is 16.9 Å². The maximum Gasteiger partial charge on any atom is 0.405 e. The molecule has 0 aliphatic rings. The molecule has 1 aromatic heterocycles. The number of nitrogens with one attached hydrogen (secondary N) is 2. The Bertz CT molecular complexity index is 503. The quantitative estimate of drug-likeness (QED) is 0.743. The summed E-state index contributed by atoms with van der Waals surface area (Å²) in [6.07, 6.45) is -4.09. The number of thiophene rings is 1. The number of rotatable bonds is 4. The Morgan fingerprint density at radius 2 is 2.15 bits per heavy atom. The Balaban J connectivity index is 2.44. The van der Waals surface area contributed by atoms with Gasteiger partial charge in [-0.2, -0.15) is 13.2 Å². The normalized spacial score (nSPS) is 10.6. The monoisotopic (exact) mass is 306 g/mol. The number of aliphatic hydroxyl groups is 1. The van der Waals surface area contributed by atoms with Crippen molar-refractivity contribution in [3.63, 3.8) is 0 Å². The number of alkyl halides is 3. The summed E-state index contributed by atoms with van der Waals surface area (Å²) in [5.41, 5.74) is 0.694. The fourth-order valence-corrected chi connectivity index (χ4v) is 1.98. The van der Waals surface area contributed by atoms with E-state index in [4.69, 9.17) is 5.11 Å². The molecule has 0 radical (unpaired) electrons. The average Bonchev–Trinajstić information content (AvgIpc) is 2.81. The first-order valence-electron chi connectivity index (χ1n) is 5.67. The molecule has 4 nitrogen and oxygen atoms in total. The molecule has 0 fully saturated rings. The van der Waals surface area contributed by atoms with Crippen LogP contribution < -0.4 is 10.6 Å². The van der Waals surface area contributed by atoms with Crippen LogP contribution >= 0.6 is 11.3 Å². The number of amides is 2. The Hall–Kier alpha value is -1.72. The van der Waals surface area contributed by atoms with E-state index < -0.39 is 18.8 Å². The summed E-state index contributed by atoms with van der Waals surface area (Å²) in [5.74, 6) is 5.56. The van der Waals surface area contributed by atoms with Gasteiger partial charge in [-0.3, -0.25) is 0 Å². The van der Waals surface area contributed by atoms with E-state index in [1.165, 1.54) is 11.3 Å². The lowest BCUT2D eigenvalue weighted by Crippen LogP contribution is -2.40. The Kier molecular flexibility index (Phi) is 6.35. The molecular weight excluding hydrogens is 293 g/mol. The van der Waals surface area contributed by atoms with Gasteiger partial charge < -0.3 is 15.7 Å². The summed E-state index contributed by atoms with van der Waals surface area (Å²) in [6, 6.07) is 0.865. The number of carbonyl (C=O) groups excluding carboxylic acids is 1. The molecule has 8 heteroatoms. The summed E-state index contributed by atoms with van der Waals surface area (Å²) >= 11 is 1.34. The number of urea groups is 1. The fraction of sp³-hybridized carbons (Fsp3) is 0.417. The number of hydrogen-bond donors (Lipinski definition) is 3. The third-order valence-corrected chi connectivity index (χ3v) is 2.99. The SMILES string of the molecule is O=C(NCc1sccc1C#CCCO)NCC(F)(F)F. The van der Waals surface area contributed by atoms with Crippen molar-refractivity contribution in [1.29, 1.82) is 0 Å². The molecule has 0 saturated carbocycles. The highest BCUT2D eigenvalue weighted by Crippen LogP contribution is 2.15.